The molecule has 154 valence electrons. The minimum atomic E-state index is -0.965. The smallest absolute Gasteiger partial charge is 0.305 e. The zero-order chi connectivity index (χ0) is 21.1. The van der Waals surface area contributed by atoms with Gasteiger partial charge in [0.2, 0.25) is 11.8 Å². The van der Waals surface area contributed by atoms with Crippen molar-refractivity contribution in [2.45, 2.75) is 52.0 Å². The third-order valence-corrected chi connectivity index (χ3v) is 4.06. The summed E-state index contributed by atoms with van der Waals surface area (Å²) in [6, 6.07) is 6.45. The van der Waals surface area contributed by atoms with Crippen molar-refractivity contribution in [3.05, 3.63) is 35.4 Å². The molecule has 0 spiro atoms. The number of benzene rings is 1. The minimum Gasteiger partial charge on any atom is -0.481 e. The number of carboxylic acids is 1. The van der Waals surface area contributed by atoms with Crippen LogP contribution in [0.15, 0.2) is 24.3 Å². The first-order valence-corrected chi connectivity index (χ1v) is 9.38. The Kier molecular flexibility index (Phi) is 9.70. The van der Waals surface area contributed by atoms with Gasteiger partial charge in [-0.05, 0) is 24.3 Å². The Morgan fingerprint density at radius 2 is 1.75 bits per heavy atom. The predicted octanol–water partition coefficient (Wildman–Crippen LogP) is 1.42. The van der Waals surface area contributed by atoms with E-state index in [-0.39, 0.29) is 36.4 Å². The fourth-order valence-electron chi connectivity index (χ4n) is 2.72. The van der Waals surface area contributed by atoms with Gasteiger partial charge in [-0.15, -0.1) is 0 Å². The number of amidine groups is 1. The molecule has 0 saturated carbocycles. The lowest BCUT2D eigenvalue weighted by Gasteiger charge is -2.18. The number of nitrogens with two attached hydrogens (primary N) is 1. The van der Waals surface area contributed by atoms with Crippen LogP contribution in [0, 0.1) is 11.3 Å². The van der Waals surface area contributed by atoms with E-state index in [1.807, 2.05) is 13.8 Å². The molecule has 1 atom stereocenters. The highest BCUT2D eigenvalue weighted by molar-refractivity contribution is 5.95. The highest BCUT2D eigenvalue weighted by Crippen LogP contribution is 2.07. The fourth-order valence-corrected chi connectivity index (χ4v) is 2.72. The summed E-state index contributed by atoms with van der Waals surface area (Å²) in [6.45, 7) is 4.25. The molecular weight excluding hydrogens is 360 g/mol. The summed E-state index contributed by atoms with van der Waals surface area (Å²) in [7, 11) is 0. The molecule has 2 amide bonds. The number of carboxylic acid groups (broad SMARTS) is 1. The third-order valence-electron chi connectivity index (χ3n) is 4.06. The topological polar surface area (TPSA) is 145 Å². The number of rotatable bonds is 12. The first-order valence-electron chi connectivity index (χ1n) is 9.38. The molecule has 28 heavy (non-hydrogen) atoms. The van der Waals surface area contributed by atoms with Crippen LogP contribution in [0.1, 0.15) is 50.7 Å². The highest BCUT2D eigenvalue weighted by atomic mass is 16.4. The Morgan fingerprint density at radius 1 is 1.11 bits per heavy atom. The first kappa shape index (κ1) is 23.1. The van der Waals surface area contributed by atoms with Crippen molar-refractivity contribution in [1.29, 1.82) is 5.41 Å². The summed E-state index contributed by atoms with van der Waals surface area (Å²) in [5.41, 5.74) is 6.81. The van der Waals surface area contributed by atoms with Crippen LogP contribution in [-0.2, 0) is 20.8 Å². The van der Waals surface area contributed by atoms with Crippen molar-refractivity contribution < 1.29 is 19.5 Å². The number of amides is 2. The van der Waals surface area contributed by atoms with Gasteiger partial charge in [-0.3, -0.25) is 19.8 Å². The largest absolute Gasteiger partial charge is 0.481 e. The molecule has 0 saturated heterocycles. The summed E-state index contributed by atoms with van der Waals surface area (Å²) in [4.78, 5) is 34.9. The second-order valence-corrected chi connectivity index (χ2v) is 7.24. The van der Waals surface area contributed by atoms with Gasteiger partial charge < -0.3 is 21.5 Å². The van der Waals surface area contributed by atoms with Crippen LogP contribution >= 0.6 is 0 Å². The number of hydrogen-bond acceptors (Lipinski definition) is 4. The lowest BCUT2D eigenvalue weighted by molar-refractivity contribution is -0.137. The number of carbonyl (C=O) groups is 3. The second-order valence-electron chi connectivity index (χ2n) is 7.24. The van der Waals surface area contributed by atoms with Gasteiger partial charge in [0, 0.05) is 24.6 Å². The maximum Gasteiger partial charge on any atom is 0.305 e. The maximum atomic E-state index is 12.0. The molecule has 0 unspecified atom stereocenters. The van der Waals surface area contributed by atoms with Crippen LogP contribution in [0.2, 0.25) is 0 Å². The molecule has 0 aliphatic rings. The van der Waals surface area contributed by atoms with E-state index in [0.29, 0.717) is 31.4 Å². The summed E-state index contributed by atoms with van der Waals surface area (Å²) < 4.78 is 0. The SMILES string of the molecule is CC(C)CC(=O)N[C@@H](CCCNC(=O)Cc1ccc(C(=N)N)cc1)CC(=O)O. The lowest BCUT2D eigenvalue weighted by atomic mass is 10.1. The van der Waals surface area contributed by atoms with E-state index in [1.54, 1.807) is 24.3 Å². The van der Waals surface area contributed by atoms with Crippen molar-refractivity contribution in [3.8, 4) is 0 Å². The summed E-state index contributed by atoms with van der Waals surface area (Å²) >= 11 is 0. The van der Waals surface area contributed by atoms with E-state index in [9.17, 15) is 14.4 Å². The molecule has 1 aromatic carbocycles. The number of carbonyl (C=O) groups excluding carboxylic acids is 2. The monoisotopic (exact) mass is 390 g/mol. The number of hydrogen-bond donors (Lipinski definition) is 5. The Bertz CT molecular complexity index is 686. The molecule has 0 fully saturated rings. The zero-order valence-electron chi connectivity index (χ0n) is 16.5. The number of nitrogen functional groups attached to an aromatic ring is 1. The first-order chi connectivity index (χ1) is 13.2. The van der Waals surface area contributed by atoms with E-state index in [1.165, 1.54) is 0 Å². The molecule has 0 aliphatic carbocycles. The van der Waals surface area contributed by atoms with Gasteiger partial charge in [0.1, 0.15) is 5.84 Å². The Morgan fingerprint density at radius 3 is 2.29 bits per heavy atom. The van der Waals surface area contributed by atoms with Crippen molar-refractivity contribution in [2.75, 3.05) is 6.54 Å². The molecule has 8 nitrogen and oxygen atoms in total. The van der Waals surface area contributed by atoms with Crippen LogP contribution in [-0.4, -0.2) is 41.3 Å². The van der Waals surface area contributed by atoms with Gasteiger partial charge in [0.15, 0.2) is 0 Å². The van der Waals surface area contributed by atoms with Crippen LogP contribution in [0.3, 0.4) is 0 Å². The van der Waals surface area contributed by atoms with Gasteiger partial charge in [-0.1, -0.05) is 38.1 Å². The molecule has 0 aliphatic heterocycles. The molecule has 0 heterocycles. The molecule has 0 radical (unpaired) electrons. The lowest BCUT2D eigenvalue weighted by Crippen LogP contribution is -2.37. The summed E-state index contributed by atoms with van der Waals surface area (Å²) in [6.07, 6.45) is 1.47. The van der Waals surface area contributed by atoms with Crippen LogP contribution in [0.4, 0.5) is 0 Å². The van der Waals surface area contributed by atoms with Crippen molar-refractivity contribution in [1.82, 2.24) is 10.6 Å². The minimum absolute atomic E-state index is 0.0209. The predicted molar refractivity (Wildman–Crippen MR) is 107 cm³/mol. The van der Waals surface area contributed by atoms with Gasteiger partial charge in [0.25, 0.3) is 0 Å². The van der Waals surface area contributed by atoms with Gasteiger partial charge in [-0.2, -0.15) is 0 Å². The third kappa shape index (κ3) is 9.70. The van der Waals surface area contributed by atoms with Crippen molar-refractivity contribution >= 4 is 23.6 Å². The summed E-state index contributed by atoms with van der Waals surface area (Å²) in [5.74, 6) is -1.08. The van der Waals surface area contributed by atoms with E-state index in [4.69, 9.17) is 16.2 Å². The van der Waals surface area contributed by atoms with Gasteiger partial charge >= 0.3 is 5.97 Å². The summed E-state index contributed by atoms with van der Waals surface area (Å²) in [5, 5.41) is 21.9. The average molecular weight is 390 g/mol. The molecule has 0 bridgehead atoms. The van der Waals surface area contributed by atoms with Crippen LogP contribution < -0.4 is 16.4 Å². The Hall–Kier alpha value is -2.90. The second kappa shape index (κ2) is 11.7. The standard InChI is InChI=1S/C20H30N4O4/c1-13(2)10-18(26)24-16(12-19(27)28)4-3-9-23-17(25)11-14-5-7-15(8-6-14)20(21)22/h5-8,13,16H,3-4,9-12H2,1-2H3,(H3,21,22)(H,23,25)(H,24,26)(H,27,28)/t16-/m0/s1. The van der Waals surface area contributed by atoms with Gasteiger partial charge in [-0.25, -0.2) is 0 Å². The fraction of sp³-hybridized carbons (Fsp3) is 0.500. The van der Waals surface area contributed by atoms with Crippen LogP contribution in [0.25, 0.3) is 0 Å². The highest BCUT2D eigenvalue weighted by Gasteiger charge is 2.16. The zero-order valence-corrected chi connectivity index (χ0v) is 16.5. The molecule has 1 rings (SSSR count). The van der Waals surface area contributed by atoms with E-state index >= 15 is 0 Å². The molecule has 6 N–H and O–H groups in total. The van der Waals surface area contributed by atoms with Gasteiger partial charge in [0.05, 0.1) is 12.8 Å². The van der Waals surface area contributed by atoms with Crippen molar-refractivity contribution in [2.24, 2.45) is 11.7 Å². The van der Waals surface area contributed by atoms with Crippen molar-refractivity contribution in [3.63, 3.8) is 0 Å². The molecular formula is C20H30N4O4. The van der Waals surface area contributed by atoms with E-state index in [0.717, 1.165) is 5.56 Å². The molecule has 0 aromatic heterocycles. The number of nitrogens with one attached hydrogen (secondary N) is 3. The average Bonchev–Trinajstić information content (AvgIpc) is 2.57. The molecule has 1 aromatic rings. The number of aliphatic carboxylic acids is 1. The Balaban J connectivity index is 2.38. The molecule has 8 heteroatoms. The van der Waals surface area contributed by atoms with E-state index in [2.05, 4.69) is 10.6 Å². The van der Waals surface area contributed by atoms with E-state index < -0.39 is 12.0 Å². The maximum absolute atomic E-state index is 12.0. The Labute approximate surface area is 165 Å². The van der Waals surface area contributed by atoms with Crippen LogP contribution in [0.5, 0.6) is 0 Å². The normalized spacial score (nSPS) is 11.7. The quantitative estimate of drug-likeness (QED) is 0.208.